The van der Waals surface area contributed by atoms with Crippen LogP contribution in [0.3, 0.4) is 0 Å². The van der Waals surface area contributed by atoms with Gasteiger partial charge < -0.3 is 9.67 Å². The van der Waals surface area contributed by atoms with Crippen LogP contribution >= 0.6 is 23.5 Å². The zero-order chi connectivity index (χ0) is 22.4. The van der Waals surface area contributed by atoms with Crippen molar-refractivity contribution in [2.24, 2.45) is 7.05 Å². The molecular formula is C21H22N6O2S2. The van der Waals surface area contributed by atoms with Crippen LogP contribution in [0.4, 0.5) is 0 Å². The van der Waals surface area contributed by atoms with Crippen molar-refractivity contribution < 1.29 is 9.90 Å². The van der Waals surface area contributed by atoms with E-state index < -0.39 is 5.97 Å². The molecule has 3 heterocycles. The van der Waals surface area contributed by atoms with Crippen molar-refractivity contribution in [1.29, 1.82) is 5.26 Å². The van der Waals surface area contributed by atoms with Gasteiger partial charge in [0.05, 0.1) is 23.1 Å². The molecule has 0 atom stereocenters. The molecule has 31 heavy (non-hydrogen) atoms. The number of carboxylic acids is 1. The largest absolute Gasteiger partial charge is 0.475 e. The van der Waals surface area contributed by atoms with Gasteiger partial charge in [-0.15, -0.1) is 0 Å². The molecule has 0 unspecified atom stereocenters. The highest BCUT2D eigenvalue weighted by molar-refractivity contribution is 8.15. The SMILES string of the molecule is CCCCSCSc1nc(-c2cnc(C(=O)O)nc2)cc(-c2cnc(C)n2C)c1C#N. The second-order valence-electron chi connectivity index (χ2n) is 6.72. The molecule has 3 aromatic heterocycles. The van der Waals surface area contributed by atoms with Crippen molar-refractivity contribution >= 4 is 29.5 Å². The zero-order valence-corrected chi connectivity index (χ0v) is 19.1. The molecule has 8 nitrogen and oxygen atoms in total. The number of carbonyl (C=O) groups is 1. The summed E-state index contributed by atoms with van der Waals surface area (Å²) in [6.07, 6.45) is 6.91. The van der Waals surface area contributed by atoms with Gasteiger partial charge in [0.25, 0.3) is 0 Å². The van der Waals surface area contributed by atoms with E-state index in [1.54, 1.807) is 6.20 Å². The molecule has 3 aromatic rings. The maximum absolute atomic E-state index is 11.1. The standard InChI is InChI=1S/C21H22N6O2S2/c1-4-5-6-30-12-31-20-16(8-22)15(18-11-23-13(2)27(18)3)7-17(26-20)14-9-24-19(21(28)29)25-10-14/h7,9-11H,4-6,12H2,1-3H3,(H,28,29). The Balaban J connectivity index is 2.07. The number of hydrogen-bond donors (Lipinski definition) is 1. The first-order chi connectivity index (χ1) is 15.0. The van der Waals surface area contributed by atoms with Crippen LogP contribution in [0.2, 0.25) is 0 Å². The second kappa shape index (κ2) is 10.4. The van der Waals surface area contributed by atoms with Crippen LogP contribution in [0.1, 0.15) is 41.8 Å². The summed E-state index contributed by atoms with van der Waals surface area (Å²) >= 11 is 3.34. The maximum atomic E-state index is 11.1. The Hall–Kier alpha value is -2.90. The van der Waals surface area contributed by atoms with Crippen LogP contribution < -0.4 is 0 Å². The quantitative estimate of drug-likeness (QED) is 0.285. The third-order valence-electron chi connectivity index (χ3n) is 4.65. The summed E-state index contributed by atoms with van der Waals surface area (Å²) in [5, 5.41) is 20.4. The molecule has 0 radical (unpaired) electrons. The Morgan fingerprint density at radius 2 is 2.00 bits per heavy atom. The summed E-state index contributed by atoms with van der Waals surface area (Å²) in [4.78, 5) is 27.9. The lowest BCUT2D eigenvalue weighted by Gasteiger charge is -2.13. The molecule has 0 aliphatic heterocycles. The molecule has 0 spiro atoms. The topological polar surface area (TPSA) is 118 Å². The Bertz CT molecular complexity index is 1120. The van der Waals surface area contributed by atoms with Gasteiger partial charge in [-0.05, 0) is 25.2 Å². The first kappa shape index (κ1) is 22.8. The van der Waals surface area contributed by atoms with E-state index in [0.29, 0.717) is 21.8 Å². The molecule has 3 rings (SSSR count). The van der Waals surface area contributed by atoms with Crippen molar-refractivity contribution in [2.75, 3.05) is 10.8 Å². The van der Waals surface area contributed by atoms with Crippen LogP contribution in [0.25, 0.3) is 22.5 Å². The molecule has 0 amide bonds. The maximum Gasteiger partial charge on any atom is 0.373 e. The van der Waals surface area contributed by atoms with Crippen molar-refractivity contribution in [2.45, 2.75) is 31.7 Å². The van der Waals surface area contributed by atoms with E-state index >= 15 is 0 Å². The molecule has 0 aliphatic rings. The van der Waals surface area contributed by atoms with E-state index in [2.05, 4.69) is 27.9 Å². The second-order valence-corrected chi connectivity index (χ2v) is 9.16. The zero-order valence-electron chi connectivity index (χ0n) is 17.5. The minimum atomic E-state index is -1.19. The van der Waals surface area contributed by atoms with Crippen LogP contribution in [-0.2, 0) is 7.05 Å². The summed E-state index contributed by atoms with van der Waals surface area (Å²) < 4.78 is 1.93. The molecule has 160 valence electrons. The number of thioether (sulfide) groups is 2. The van der Waals surface area contributed by atoms with E-state index in [1.807, 2.05) is 36.4 Å². The van der Waals surface area contributed by atoms with Crippen LogP contribution in [0, 0.1) is 18.3 Å². The van der Waals surface area contributed by atoms with Crippen molar-refractivity contribution in [3.8, 4) is 28.6 Å². The third-order valence-corrected chi connectivity index (χ3v) is 6.94. The van der Waals surface area contributed by atoms with Gasteiger partial charge in [-0.25, -0.2) is 24.7 Å². The predicted molar refractivity (Wildman–Crippen MR) is 122 cm³/mol. The first-order valence-electron chi connectivity index (χ1n) is 9.66. The molecule has 0 bridgehead atoms. The average molecular weight is 455 g/mol. The lowest BCUT2D eigenvalue weighted by atomic mass is 10.0. The number of nitriles is 1. The van der Waals surface area contributed by atoms with Gasteiger partial charge in [0.2, 0.25) is 5.82 Å². The minimum absolute atomic E-state index is 0.276. The Morgan fingerprint density at radius 3 is 2.58 bits per heavy atom. The average Bonchev–Trinajstić information content (AvgIpc) is 3.11. The molecule has 0 aliphatic carbocycles. The summed E-state index contributed by atoms with van der Waals surface area (Å²) in [5.74, 6) is 0.423. The smallest absolute Gasteiger partial charge is 0.373 e. The molecule has 0 aromatic carbocycles. The number of aryl methyl sites for hydroxylation is 1. The number of aromatic nitrogens is 5. The fraction of sp³-hybridized carbons (Fsp3) is 0.333. The van der Waals surface area contributed by atoms with Crippen LogP contribution in [0.15, 0.2) is 29.7 Å². The Kier molecular flexibility index (Phi) is 7.65. The lowest BCUT2D eigenvalue weighted by Crippen LogP contribution is -2.04. The van der Waals surface area contributed by atoms with Crippen molar-refractivity contribution in [3.63, 3.8) is 0 Å². The van der Waals surface area contributed by atoms with Crippen molar-refractivity contribution in [1.82, 2.24) is 24.5 Å². The highest BCUT2D eigenvalue weighted by Gasteiger charge is 2.19. The summed E-state index contributed by atoms with van der Waals surface area (Å²) in [6, 6.07) is 4.12. The summed E-state index contributed by atoms with van der Waals surface area (Å²) in [6.45, 7) is 4.06. The number of unbranched alkanes of at least 4 members (excludes halogenated alkanes) is 1. The summed E-state index contributed by atoms with van der Waals surface area (Å²) in [7, 11) is 1.90. The minimum Gasteiger partial charge on any atom is -0.475 e. The van der Waals surface area contributed by atoms with Gasteiger partial charge in [0, 0.05) is 35.7 Å². The van der Waals surface area contributed by atoms with E-state index in [-0.39, 0.29) is 5.82 Å². The Labute approximate surface area is 189 Å². The molecule has 0 saturated heterocycles. The summed E-state index contributed by atoms with van der Waals surface area (Å²) in [5.41, 5.74) is 3.18. The molecule has 0 saturated carbocycles. The highest BCUT2D eigenvalue weighted by Crippen LogP contribution is 2.35. The highest BCUT2D eigenvalue weighted by atomic mass is 32.2. The molecular weight excluding hydrogens is 432 g/mol. The number of rotatable bonds is 9. The molecule has 10 heteroatoms. The fourth-order valence-corrected chi connectivity index (χ4v) is 5.02. The van der Waals surface area contributed by atoms with E-state index in [4.69, 9.17) is 10.1 Å². The number of aromatic carboxylic acids is 1. The Morgan fingerprint density at radius 1 is 1.26 bits per heavy atom. The first-order valence-corrected chi connectivity index (χ1v) is 11.8. The monoisotopic (exact) mass is 454 g/mol. The third kappa shape index (κ3) is 5.24. The fourth-order valence-electron chi connectivity index (χ4n) is 2.81. The number of carboxylic acid groups (broad SMARTS) is 1. The number of pyridine rings is 1. The van der Waals surface area contributed by atoms with Gasteiger partial charge in [-0.1, -0.05) is 25.1 Å². The number of hydrogen-bond acceptors (Lipinski definition) is 8. The number of imidazole rings is 1. The predicted octanol–water partition coefficient (Wildman–Crippen LogP) is 4.40. The molecule has 0 fully saturated rings. The van der Waals surface area contributed by atoms with Gasteiger partial charge in [0.1, 0.15) is 16.9 Å². The van der Waals surface area contributed by atoms with E-state index in [9.17, 15) is 10.1 Å². The van der Waals surface area contributed by atoms with E-state index in [1.165, 1.54) is 24.2 Å². The van der Waals surface area contributed by atoms with Gasteiger partial charge in [0.15, 0.2) is 0 Å². The lowest BCUT2D eigenvalue weighted by molar-refractivity contribution is 0.0683. The van der Waals surface area contributed by atoms with Crippen LogP contribution in [0.5, 0.6) is 0 Å². The van der Waals surface area contributed by atoms with Crippen LogP contribution in [-0.4, -0.2) is 46.4 Å². The van der Waals surface area contributed by atoms with Gasteiger partial charge in [-0.3, -0.25) is 0 Å². The molecule has 1 N–H and O–H groups in total. The van der Waals surface area contributed by atoms with E-state index in [0.717, 1.165) is 40.8 Å². The van der Waals surface area contributed by atoms with Crippen molar-refractivity contribution in [3.05, 3.63) is 41.9 Å². The normalized spacial score (nSPS) is 10.8. The number of nitrogens with zero attached hydrogens (tertiary/aromatic N) is 6. The van der Waals surface area contributed by atoms with Gasteiger partial charge in [-0.2, -0.15) is 17.0 Å². The van der Waals surface area contributed by atoms with Gasteiger partial charge >= 0.3 is 5.97 Å².